The third-order valence-electron chi connectivity index (χ3n) is 4.64. The molecule has 0 saturated carbocycles. The van der Waals surface area contributed by atoms with E-state index in [1.807, 2.05) is 4.90 Å². The van der Waals surface area contributed by atoms with Crippen molar-refractivity contribution in [2.75, 3.05) is 6.54 Å². The van der Waals surface area contributed by atoms with Gasteiger partial charge in [0.25, 0.3) is 0 Å². The SMILES string of the molecule is CCCCCC/C=C/C(C)N(CC(=O)O)C(C)/C=C/CCCCCC. The van der Waals surface area contributed by atoms with E-state index >= 15 is 0 Å². The van der Waals surface area contributed by atoms with Gasteiger partial charge < -0.3 is 5.11 Å². The molecule has 0 aliphatic heterocycles. The molecule has 0 aliphatic rings. The molecular weight excluding hydrogens is 310 g/mol. The van der Waals surface area contributed by atoms with Crippen LogP contribution in [-0.4, -0.2) is 34.6 Å². The molecule has 0 radical (unpaired) electrons. The zero-order valence-electron chi connectivity index (χ0n) is 17.0. The molecule has 0 aliphatic carbocycles. The molecule has 0 aromatic carbocycles. The van der Waals surface area contributed by atoms with Gasteiger partial charge in [-0.2, -0.15) is 0 Å². The van der Waals surface area contributed by atoms with Gasteiger partial charge in [0.1, 0.15) is 0 Å². The Labute approximate surface area is 156 Å². The summed E-state index contributed by atoms with van der Waals surface area (Å²) in [5, 5.41) is 9.23. The zero-order chi connectivity index (χ0) is 18.9. The van der Waals surface area contributed by atoms with Gasteiger partial charge in [-0.05, 0) is 39.5 Å². The summed E-state index contributed by atoms with van der Waals surface area (Å²) >= 11 is 0. The van der Waals surface area contributed by atoms with Crippen molar-refractivity contribution in [3.05, 3.63) is 24.3 Å². The van der Waals surface area contributed by atoms with E-state index < -0.39 is 5.97 Å². The van der Waals surface area contributed by atoms with Crippen LogP contribution in [0.15, 0.2) is 24.3 Å². The molecule has 0 spiro atoms. The molecule has 0 aromatic rings. The van der Waals surface area contributed by atoms with Crippen LogP contribution in [0.1, 0.15) is 91.9 Å². The summed E-state index contributed by atoms with van der Waals surface area (Å²) in [5.41, 5.74) is 0. The molecule has 3 heteroatoms. The fourth-order valence-electron chi connectivity index (χ4n) is 3.00. The molecule has 0 heterocycles. The van der Waals surface area contributed by atoms with Crippen molar-refractivity contribution in [1.82, 2.24) is 4.90 Å². The smallest absolute Gasteiger partial charge is 0.317 e. The minimum Gasteiger partial charge on any atom is -0.480 e. The summed E-state index contributed by atoms with van der Waals surface area (Å²) < 4.78 is 0. The highest BCUT2D eigenvalue weighted by molar-refractivity contribution is 5.69. The Balaban J connectivity index is 4.41. The van der Waals surface area contributed by atoms with Gasteiger partial charge in [0.2, 0.25) is 0 Å². The van der Waals surface area contributed by atoms with Gasteiger partial charge >= 0.3 is 5.97 Å². The highest BCUT2D eigenvalue weighted by Gasteiger charge is 2.19. The van der Waals surface area contributed by atoms with E-state index in [9.17, 15) is 9.90 Å². The molecule has 1 N–H and O–H groups in total. The summed E-state index contributed by atoms with van der Waals surface area (Å²) in [7, 11) is 0. The van der Waals surface area contributed by atoms with E-state index in [0.29, 0.717) is 0 Å². The van der Waals surface area contributed by atoms with Gasteiger partial charge in [-0.3, -0.25) is 9.69 Å². The van der Waals surface area contributed by atoms with Crippen molar-refractivity contribution in [2.45, 2.75) is 104 Å². The van der Waals surface area contributed by atoms with E-state index in [1.165, 1.54) is 51.4 Å². The summed E-state index contributed by atoms with van der Waals surface area (Å²) in [4.78, 5) is 13.3. The molecule has 0 aromatic heterocycles. The van der Waals surface area contributed by atoms with Crippen molar-refractivity contribution >= 4 is 5.97 Å². The lowest BCUT2D eigenvalue weighted by atomic mass is 10.1. The van der Waals surface area contributed by atoms with Crippen LogP contribution in [0.3, 0.4) is 0 Å². The second-order valence-corrected chi connectivity index (χ2v) is 7.10. The molecule has 2 atom stereocenters. The number of aliphatic carboxylic acids is 1. The average Bonchev–Trinajstić information content (AvgIpc) is 2.58. The maximum absolute atomic E-state index is 11.2. The molecule has 2 unspecified atom stereocenters. The van der Waals surface area contributed by atoms with Crippen LogP contribution in [0.25, 0.3) is 0 Å². The Bertz CT molecular complexity index is 348. The highest BCUT2D eigenvalue weighted by Crippen LogP contribution is 2.11. The maximum Gasteiger partial charge on any atom is 0.317 e. The van der Waals surface area contributed by atoms with E-state index in [2.05, 4.69) is 52.0 Å². The summed E-state index contributed by atoms with van der Waals surface area (Å²) in [6, 6.07) is 0.282. The van der Waals surface area contributed by atoms with Crippen molar-refractivity contribution in [1.29, 1.82) is 0 Å². The van der Waals surface area contributed by atoms with Crippen LogP contribution in [0.5, 0.6) is 0 Å². The van der Waals surface area contributed by atoms with Crippen molar-refractivity contribution in [3.63, 3.8) is 0 Å². The lowest BCUT2D eigenvalue weighted by Crippen LogP contribution is -2.41. The van der Waals surface area contributed by atoms with Crippen molar-refractivity contribution < 1.29 is 9.90 Å². The molecular formula is C22H41NO2. The minimum atomic E-state index is -0.758. The molecule has 0 amide bonds. The van der Waals surface area contributed by atoms with Crippen LogP contribution >= 0.6 is 0 Å². The van der Waals surface area contributed by atoms with Gasteiger partial charge in [-0.1, -0.05) is 76.7 Å². The zero-order valence-corrected chi connectivity index (χ0v) is 17.0. The van der Waals surface area contributed by atoms with Gasteiger partial charge in [0.15, 0.2) is 0 Å². The second-order valence-electron chi connectivity index (χ2n) is 7.10. The molecule has 25 heavy (non-hydrogen) atoms. The van der Waals surface area contributed by atoms with Crippen LogP contribution in [0, 0.1) is 0 Å². The van der Waals surface area contributed by atoms with Gasteiger partial charge in [0.05, 0.1) is 6.54 Å². The first-order valence-corrected chi connectivity index (χ1v) is 10.3. The molecule has 3 nitrogen and oxygen atoms in total. The largest absolute Gasteiger partial charge is 0.480 e. The quantitative estimate of drug-likeness (QED) is 0.266. The lowest BCUT2D eigenvalue weighted by molar-refractivity contribution is -0.139. The summed E-state index contributed by atoms with van der Waals surface area (Å²) in [6.45, 7) is 8.72. The fraction of sp³-hybridized carbons (Fsp3) is 0.773. The first kappa shape index (κ1) is 23.9. The summed E-state index contributed by atoms with van der Waals surface area (Å²) in [5.74, 6) is -0.758. The molecule has 0 bridgehead atoms. The van der Waals surface area contributed by atoms with E-state index in [-0.39, 0.29) is 18.6 Å². The number of carbonyl (C=O) groups is 1. The van der Waals surface area contributed by atoms with E-state index in [4.69, 9.17) is 0 Å². The van der Waals surface area contributed by atoms with Crippen LogP contribution in [0.2, 0.25) is 0 Å². The molecule has 0 fully saturated rings. The maximum atomic E-state index is 11.2. The predicted octanol–water partition coefficient (Wildman–Crippen LogP) is 6.20. The Morgan fingerprint density at radius 2 is 1.28 bits per heavy atom. The lowest BCUT2D eigenvalue weighted by Gasteiger charge is -2.30. The number of rotatable bonds is 16. The van der Waals surface area contributed by atoms with Crippen LogP contribution < -0.4 is 0 Å². The van der Waals surface area contributed by atoms with Crippen molar-refractivity contribution in [2.24, 2.45) is 0 Å². The van der Waals surface area contributed by atoms with Crippen LogP contribution in [-0.2, 0) is 4.79 Å². The number of unbranched alkanes of at least 4 members (excludes halogenated alkanes) is 8. The number of hydrogen-bond donors (Lipinski definition) is 1. The third-order valence-corrected chi connectivity index (χ3v) is 4.64. The van der Waals surface area contributed by atoms with Gasteiger partial charge in [0, 0.05) is 12.1 Å². The Hall–Kier alpha value is -1.09. The van der Waals surface area contributed by atoms with Crippen molar-refractivity contribution in [3.8, 4) is 0 Å². The topological polar surface area (TPSA) is 40.5 Å². The molecule has 0 saturated heterocycles. The molecule has 0 rings (SSSR count). The molecule has 146 valence electrons. The monoisotopic (exact) mass is 351 g/mol. The second kappa shape index (κ2) is 16.4. The Morgan fingerprint density at radius 1 is 0.840 bits per heavy atom. The fourth-order valence-corrected chi connectivity index (χ4v) is 3.00. The first-order chi connectivity index (χ1) is 12.0. The number of nitrogens with zero attached hydrogens (tertiary/aromatic N) is 1. The number of carboxylic acid groups (broad SMARTS) is 1. The van der Waals surface area contributed by atoms with Gasteiger partial charge in [-0.15, -0.1) is 0 Å². The first-order valence-electron chi connectivity index (χ1n) is 10.3. The standard InChI is InChI=1S/C22H41NO2/c1-5-7-9-11-13-15-17-20(3)23(19-22(24)25)21(4)18-16-14-12-10-8-6-2/h15-18,20-21H,5-14,19H2,1-4H3,(H,24,25)/b17-15+,18-16+. The van der Waals surface area contributed by atoms with Gasteiger partial charge in [-0.25, -0.2) is 0 Å². The summed E-state index contributed by atoms with van der Waals surface area (Å²) in [6.07, 6.45) is 21.1. The normalized spacial score (nSPS) is 14.6. The van der Waals surface area contributed by atoms with E-state index in [1.54, 1.807) is 0 Å². The Kier molecular flexibility index (Phi) is 15.7. The third kappa shape index (κ3) is 13.8. The minimum absolute atomic E-state index is 0.0860. The number of allylic oxidation sites excluding steroid dienone is 2. The Morgan fingerprint density at radius 3 is 1.64 bits per heavy atom. The predicted molar refractivity (Wildman–Crippen MR) is 109 cm³/mol. The van der Waals surface area contributed by atoms with Crippen LogP contribution in [0.4, 0.5) is 0 Å². The van der Waals surface area contributed by atoms with E-state index in [0.717, 1.165) is 12.8 Å². The highest BCUT2D eigenvalue weighted by atomic mass is 16.4. The number of hydrogen-bond acceptors (Lipinski definition) is 2. The average molecular weight is 352 g/mol. The number of carboxylic acids is 1.